The Balaban J connectivity index is 1.51. The van der Waals surface area contributed by atoms with Gasteiger partial charge < -0.3 is 10.1 Å². The Kier molecular flexibility index (Phi) is 8.81. The van der Waals surface area contributed by atoms with Crippen LogP contribution in [0.2, 0.25) is 0 Å². The summed E-state index contributed by atoms with van der Waals surface area (Å²) in [7, 11) is -4.00. The van der Waals surface area contributed by atoms with Crippen LogP contribution in [0, 0.1) is 6.92 Å². The van der Waals surface area contributed by atoms with Crippen molar-refractivity contribution >= 4 is 21.6 Å². The summed E-state index contributed by atoms with van der Waals surface area (Å²) < 4.78 is 34.3. The van der Waals surface area contributed by atoms with Gasteiger partial charge in [0, 0.05) is 6.04 Å². The Labute approximate surface area is 225 Å². The summed E-state index contributed by atoms with van der Waals surface area (Å²) in [4.78, 5) is 13.2. The minimum absolute atomic E-state index is 0.117. The number of amides is 1. The van der Waals surface area contributed by atoms with Crippen molar-refractivity contribution in [1.29, 1.82) is 0 Å². The van der Waals surface area contributed by atoms with Crippen LogP contribution in [0.3, 0.4) is 0 Å². The van der Waals surface area contributed by atoms with Gasteiger partial charge in [0.2, 0.25) is 5.91 Å². The maximum absolute atomic E-state index is 13.7. The molecule has 0 aliphatic rings. The number of ether oxygens (including phenoxy) is 1. The third-order valence-corrected chi connectivity index (χ3v) is 7.90. The highest BCUT2D eigenvalue weighted by atomic mass is 32.2. The third-order valence-electron chi connectivity index (χ3n) is 6.12. The molecule has 0 aliphatic heterocycles. The van der Waals surface area contributed by atoms with Gasteiger partial charge in [-0.25, -0.2) is 8.42 Å². The molecular weight excluding hydrogens is 496 g/mol. The van der Waals surface area contributed by atoms with Crippen LogP contribution >= 0.6 is 0 Å². The number of nitrogens with zero attached hydrogens (tertiary/aromatic N) is 1. The smallest absolute Gasteiger partial charge is 0.264 e. The molecule has 0 aromatic heterocycles. The standard InChI is InChI=1S/C31H32N2O4S/c1-24-13-21-30(22-14-24)38(35,36)33(23-31(34)32-25(2)15-16-26-9-5-3-6-10-26)27-17-19-29(20-18-27)37-28-11-7-4-8-12-28/h3-14,17-22,25H,15-16,23H2,1-2H3,(H,32,34)/t25-/m1/s1. The quantitative estimate of drug-likeness (QED) is 0.254. The zero-order valence-electron chi connectivity index (χ0n) is 21.6. The molecule has 1 atom stereocenters. The number of aryl methyl sites for hydroxylation is 2. The molecule has 0 heterocycles. The van der Waals surface area contributed by atoms with Crippen molar-refractivity contribution < 1.29 is 17.9 Å². The fourth-order valence-electron chi connectivity index (χ4n) is 4.01. The molecule has 0 saturated heterocycles. The van der Waals surface area contributed by atoms with E-state index in [0.29, 0.717) is 17.2 Å². The Morgan fingerprint density at radius 1 is 0.816 bits per heavy atom. The van der Waals surface area contributed by atoms with Crippen LogP contribution in [-0.4, -0.2) is 26.9 Å². The molecule has 4 aromatic carbocycles. The average Bonchev–Trinajstić information content (AvgIpc) is 2.92. The number of benzene rings is 4. The van der Waals surface area contributed by atoms with Crippen molar-refractivity contribution in [2.75, 3.05) is 10.8 Å². The number of sulfonamides is 1. The normalized spacial score (nSPS) is 11.9. The van der Waals surface area contributed by atoms with E-state index >= 15 is 0 Å². The van der Waals surface area contributed by atoms with Crippen LogP contribution in [0.15, 0.2) is 114 Å². The summed E-state index contributed by atoms with van der Waals surface area (Å²) in [5, 5.41) is 2.96. The first-order valence-electron chi connectivity index (χ1n) is 12.6. The van der Waals surface area contributed by atoms with E-state index in [1.165, 1.54) is 5.56 Å². The lowest BCUT2D eigenvalue weighted by Gasteiger charge is -2.25. The number of para-hydroxylation sites is 1. The summed E-state index contributed by atoms with van der Waals surface area (Å²) in [6.07, 6.45) is 1.56. The first-order valence-corrected chi connectivity index (χ1v) is 14.0. The summed E-state index contributed by atoms with van der Waals surface area (Å²) in [5.74, 6) is 0.866. The van der Waals surface area contributed by atoms with Gasteiger partial charge >= 0.3 is 0 Å². The van der Waals surface area contributed by atoms with E-state index in [9.17, 15) is 13.2 Å². The van der Waals surface area contributed by atoms with Crippen molar-refractivity contribution in [2.24, 2.45) is 0 Å². The molecule has 4 aromatic rings. The van der Waals surface area contributed by atoms with Crippen molar-refractivity contribution in [3.63, 3.8) is 0 Å². The van der Waals surface area contributed by atoms with E-state index in [1.807, 2.05) is 62.4 Å². The van der Waals surface area contributed by atoms with Crippen LogP contribution in [0.1, 0.15) is 24.5 Å². The van der Waals surface area contributed by atoms with Crippen molar-refractivity contribution in [2.45, 2.75) is 37.6 Å². The van der Waals surface area contributed by atoms with Crippen LogP contribution < -0.4 is 14.4 Å². The minimum atomic E-state index is -4.00. The highest BCUT2D eigenvalue weighted by Crippen LogP contribution is 2.28. The Bertz CT molecular complexity index is 1420. The highest BCUT2D eigenvalue weighted by Gasteiger charge is 2.27. The number of carbonyl (C=O) groups excluding carboxylic acids is 1. The molecular formula is C31H32N2O4S. The van der Waals surface area contributed by atoms with Gasteiger partial charge in [-0.2, -0.15) is 0 Å². The average molecular weight is 529 g/mol. The van der Waals surface area contributed by atoms with Crippen molar-refractivity contribution in [3.05, 3.63) is 120 Å². The summed E-state index contributed by atoms with van der Waals surface area (Å²) >= 11 is 0. The van der Waals surface area contributed by atoms with E-state index in [1.54, 1.807) is 48.5 Å². The molecule has 7 heteroatoms. The van der Waals surface area contributed by atoms with Crippen molar-refractivity contribution in [3.8, 4) is 11.5 Å². The van der Waals surface area contributed by atoms with Gasteiger partial charge in [0.25, 0.3) is 10.0 Å². The first-order chi connectivity index (χ1) is 18.3. The molecule has 38 heavy (non-hydrogen) atoms. The number of carbonyl (C=O) groups is 1. The molecule has 0 radical (unpaired) electrons. The molecule has 4 rings (SSSR count). The topological polar surface area (TPSA) is 75.7 Å². The molecule has 1 N–H and O–H groups in total. The minimum Gasteiger partial charge on any atom is -0.457 e. The fraction of sp³-hybridized carbons (Fsp3) is 0.194. The zero-order valence-corrected chi connectivity index (χ0v) is 22.4. The molecule has 0 unspecified atom stereocenters. The number of anilines is 1. The second-order valence-corrected chi connectivity index (χ2v) is 11.1. The number of hydrogen-bond acceptors (Lipinski definition) is 4. The SMILES string of the molecule is Cc1ccc(S(=O)(=O)N(CC(=O)N[C@H](C)CCc2ccccc2)c2ccc(Oc3ccccc3)cc2)cc1. The third kappa shape index (κ3) is 7.23. The van der Waals surface area contributed by atoms with E-state index in [2.05, 4.69) is 17.4 Å². The maximum Gasteiger partial charge on any atom is 0.264 e. The predicted octanol–water partition coefficient (Wildman–Crippen LogP) is 6.12. The van der Waals surface area contributed by atoms with Crippen LogP contribution in [0.5, 0.6) is 11.5 Å². The number of hydrogen-bond donors (Lipinski definition) is 1. The summed E-state index contributed by atoms with van der Waals surface area (Å²) in [5.41, 5.74) is 2.51. The lowest BCUT2D eigenvalue weighted by Crippen LogP contribution is -2.43. The van der Waals surface area contributed by atoms with Crippen LogP contribution in [-0.2, 0) is 21.2 Å². The lowest BCUT2D eigenvalue weighted by molar-refractivity contribution is -0.120. The predicted molar refractivity (Wildman–Crippen MR) is 151 cm³/mol. The van der Waals surface area contributed by atoms with Gasteiger partial charge in [0.15, 0.2) is 0 Å². The molecule has 6 nitrogen and oxygen atoms in total. The molecule has 196 valence electrons. The molecule has 0 bridgehead atoms. The largest absolute Gasteiger partial charge is 0.457 e. The first kappa shape index (κ1) is 26.9. The van der Waals surface area contributed by atoms with Crippen molar-refractivity contribution in [1.82, 2.24) is 5.32 Å². The van der Waals surface area contributed by atoms with Gasteiger partial charge in [-0.15, -0.1) is 0 Å². The van der Waals surface area contributed by atoms with Gasteiger partial charge in [-0.3, -0.25) is 9.10 Å². The molecule has 1 amide bonds. The fourth-order valence-corrected chi connectivity index (χ4v) is 5.43. The second-order valence-electron chi connectivity index (χ2n) is 9.23. The summed E-state index contributed by atoms with van der Waals surface area (Å²) in [6, 6.07) is 32.6. The maximum atomic E-state index is 13.7. The van der Waals surface area contributed by atoms with E-state index in [0.717, 1.165) is 22.7 Å². The van der Waals surface area contributed by atoms with Gasteiger partial charge in [-0.05, 0) is 80.8 Å². The Morgan fingerprint density at radius 2 is 1.39 bits per heavy atom. The summed E-state index contributed by atoms with van der Waals surface area (Å²) in [6.45, 7) is 3.48. The molecule has 0 saturated carbocycles. The lowest BCUT2D eigenvalue weighted by atomic mass is 10.1. The molecule has 0 aliphatic carbocycles. The number of nitrogens with one attached hydrogen (secondary N) is 1. The zero-order chi connectivity index (χ0) is 27.0. The highest BCUT2D eigenvalue weighted by molar-refractivity contribution is 7.92. The monoisotopic (exact) mass is 528 g/mol. The molecule has 0 spiro atoms. The van der Waals surface area contributed by atoms with E-state index < -0.39 is 10.0 Å². The Morgan fingerprint density at radius 3 is 2.03 bits per heavy atom. The van der Waals surface area contributed by atoms with Gasteiger partial charge in [0.1, 0.15) is 18.0 Å². The second kappa shape index (κ2) is 12.4. The number of rotatable bonds is 11. The van der Waals surface area contributed by atoms with E-state index in [4.69, 9.17) is 4.74 Å². The van der Waals surface area contributed by atoms with Crippen LogP contribution in [0.25, 0.3) is 0 Å². The van der Waals surface area contributed by atoms with Gasteiger partial charge in [0.05, 0.1) is 10.6 Å². The van der Waals surface area contributed by atoms with E-state index in [-0.39, 0.29) is 23.4 Å². The Hall–Kier alpha value is -4.10. The van der Waals surface area contributed by atoms with Gasteiger partial charge in [-0.1, -0.05) is 66.2 Å². The molecule has 0 fully saturated rings. The van der Waals surface area contributed by atoms with Crippen LogP contribution in [0.4, 0.5) is 5.69 Å².